The fraction of sp³-hybridized carbons (Fsp3) is 0.423. The number of ether oxygens (including phenoxy) is 2. The first-order valence-electron chi connectivity index (χ1n) is 11.9. The van der Waals surface area contributed by atoms with Crippen LogP contribution in [0.15, 0.2) is 53.5 Å². The quantitative estimate of drug-likeness (QED) is 0.161. The number of benzene rings is 2. The van der Waals surface area contributed by atoms with Crippen LogP contribution in [0.1, 0.15) is 49.0 Å². The molecule has 7 nitrogen and oxygen atoms in total. The van der Waals surface area contributed by atoms with E-state index in [4.69, 9.17) is 9.47 Å². The summed E-state index contributed by atoms with van der Waals surface area (Å²) in [5.74, 6) is -2.33. The van der Waals surface area contributed by atoms with Crippen LogP contribution >= 0.6 is 14.3 Å². The molecule has 2 aromatic carbocycles. The van der Waals surface area contributed by atoms with Gasteiger partial charge in [0, 0.05) is 5.56 Å². The highest BCUT2D eigenvalue weighted by molar-refractivity contribution is 7.81. The van der Waals surface area contributed by atoms with Crippen molar-refractivity contribution < 1.29 is 28.2 Å². The van der Waals surface area contributed by atoms with Crippen molar-refractivity contribution in [3.63, 3.8) is 0 Å². The lowest BCUT2D eigenvalue weighted by molar-refractivity contribution is -0.135. The largest absolute Gasteiger partial charge is 0.483 e. The summed E-state index contributed by atoms with van der Waals surface area (Å²) in [6.07, 6.45) is 1.89. The van der Waals surface area contributed by atoms with Crippen LogP contribution in [0, 0.1) is 5.92 Å². The third kappa shape index (κ3) is 5.22. The van der Waals surface area contributed by atoms with E-state index in [1.54, 1.807) is 48.5 Å². The van der Waals surface area contributed by atoms with Crippen LogP contribution in [0.2, 0.25) is 0 Å². The third-order valence-electron chi connectivity index (χ3n) is 6.78. The van der Waals surface area contributed by atoms with Crippen molar-refractivity contribution >= 4 is 37.6 Å². The molecule has 1 unspecified atom stereocenters. The minimum Gasteiger partial charge on any atom is -0.483 e. The lowest BCUT2D eigenvalue weighted by Crippen LogP contribution is -2.37. The summed E-state index contributed by atoms with van der Waals surface area (Å²) >= 11 is 0. The molecule has 0 N–H and O–H groups in total. The average Bonchev–Trinajstić information content (AvgIpc) is 2.89. The van der Waals surface area contributed by atoms with E-state index in [0.717, 1.165) is 5.56 Å². The molecule has 188 valence electrons. The van der Waals surface area contributed by atoms with E-state index in [1.165, 1.54) is 7.11 Å². The van der Waals surface area contributed by atoms with Crippen molar-refractivity contribution in [1.29, 1.82) is 0 Å². The van der Waals surface area contributed by atoms with Gasteiger partial charge in [0.1, 0.15) is 20.0 Å². The van der Waals surface area contributed by atoms with Crippen molar-refractivity contribution in [3.05, 3.63) is 59.7 Å². The standard InChI is InChI=1S/C26H33NO6P2/c1-6-34(30,7-2)26(35(31,8-3)9-4)18-14-16-19(17-15-18)33-25(29)22-23(28)20-12-10-11-13-21(20)27-24(22)32-5/h10-17,22,26H,6-9H2,1-5H3. The molecular formula is C26H33NO6P2. The number of carbonyl (C=O) groups excluding carboxylic acids is 2. The van der Waals surface area contributed by atoms with Crippen LogP contribution in [0.3, 0.4) is 0 Å². The number of ketones is 1. The van der Waals surface area contributed by atoms with Gasteiger partial charge < -0.3 is 18.6 Å². The maximum Gasteiger partial charge on any atom is 0.331 e. The minimum atomic E-state index is -2.73. The molecule has 0 saturated heterocycles. The number of carbonyl (C=O) groups is 2. The molecule has 1 aliphatic heterocycles. The van der Waals surface area contributed by atoms with Gasteiger partial charge in [0.05, 0.1) is 18.2 Å². The van der Waals surface area contributed by atoms with Crippen LogP contribution in [0.5, 0.6) is 5.75 Å². The average molecular weight is 517 g/mol. The van der Waals surface area contributed by atoms with Crippen LogP contribution in [0.25, 0.3) is 0 Å². The number of rotatable bonds is 9. The van der Waals surface area contributed by atoms with Gasteiger partial charge in [-0.1, -0.05) is 52.0 Å². The SMILES string of the molecule is CCP(=O)(CC)C(c1ccc(OC(=O)C2C(=O)c3ccccc3N=C2OC)cc1)P(=O)(CC)CC. The van der Waals surface area contributed by atoms with Gasteiger partial charge in [-0.05, 0) is 54.5 Å². The van der Waals surface area contributed by atoms with Gasteiger partial charge in [-0.25, -0.2) is 4.99 Å². The Kier molecular flexibility index (Phi) is 8.56. The smallest absolute Gasteiger partial charge is 0.331 e. The molecule has 0 bridgehead atoms. The predicted octanol–water partition coefficient (Wildman–Crippen LogP) is 6.59. The molecule has 1 atom stereocenters. The Labute approximate surface area is 207 Å². The number of Topliss-reactive ketones (excluding diaryl/α,β-unsaturated/α-hetero) is 1. The zero-order chi connectivity index (χ0) is 25.8. The highest BCUT2D eigenvalue weighted by Crippen LogP contribution is 2.76. The second-order valence-corrected chi connectivity index (χ2v) is 16.3. The molecule has 0 fully saturated rings. The summed E-state index contributed by atoms with van der Waals surface area (Å²) in [6, 6.07) is 13.4. The first-order valence-corrected chi connectivity index (χ1v) is 16.2. The van der Waals surface area contributed by atoms with E-state index in [0.29, 0.717) is 35.9 Å². The Morgan fingerprint density at radius 3 is 1.97 bits per heavy atom. The van der Waals surface area contributed by atoms with Gasteiger partial charge in [-0.3, -0.25) is 9.59 Å². The van der Waals surface area contributed by atoms with E-state index in [1.807, 2.05) is 27.7 Å². The van der Waals surface area contributed by atoms with Crippen molar-refractivity contribution in [2.45, 2.75) is 33.1 Å². The van der Waals surface area contributed by atoms with Crippen molar-refractivity contribution in [3.8, 4) is 5.75 Å². The van der Waals surface area contributed by atoms with E-state index < -0.39 is 37.4 Å². The number of nitrogens with zero attached hydrogens (tertiary/aromatic N) is 1. The van der Waals surface area contributed by atoms with E-state index in [2.05, 4.69) is 4.99 Å². The van der Waals surface area contributed by atoms with Gasteiger partial charge >= 0.3 is 5.97 Å². The van der Waals surface area contributed by atoms with Gasteiger partial charge in [0.2, 0.25) is 5.90 Å². The summed E-state index contributed by atoms with van der Waals surface area (Å²) in [5.41, 5.74) is 1.50. The molecule has 2 aromatic rings. The van der Waals surface area contributed by atoms with Gasteiger partial charge in [0.25, 0.3) is 0 Å². The number of esters is 1. The molecule has 0 aromatic heterocycles. The second kappa shape index (κ2) is 11.1. The lowest BCUT2D eigenvalue weighted by Gasteiger charge is -2.33. The molecule has 1 aliphatic rings. The Bertz CT molecular complexity index is 1180. The monoisotopic (exact) mass is 517 g/mol. The highest BCUT2D eigenvalue weighted by atomic mass is 31.2. The first kappa shape index (κ1) is 27.1. The van der Waals surface area contributed by atoms with Gasteiger partial charge in [-0.15, -0.1) is 0 Å². The van der Waals surface area contributed by atoms with Crippen molar-refractivity contribution in [2.24, 2.45) is 10.9 Å². The normalized spacial score (nSPS) is 16.0. The minimum absolute atomic E-state index is 0.0194. The number of hydrogen-bond donors (Lipinski definition) is 0. The summed E-state index contributed by atoms with van der Waals surface area (Å²) in [5, 5.41) is -0.520. The molecular weight excluding hydrogens is 484 g/mol. The topological polar surface area (TPSA) is 99.1 Å². The molecule has 35 heavy (non-hydrogen) atoms. The highest BCUT2D eigenvalue weighted by Gasteiger charge is 2.43. The molecule has 3 rings (SSSR count). The Morgan fingerprint density at radius 1 is 0.914 bits per heavy atom. The molecule has 0 amide bonds. The Hall–Kier alpha value is -2.49. The van der Waals surface area contributed by atoms with Gasteiger partial charge in [-0.2, -0.15) is 0 Å². The van der Waals surface area contributed by atoms with Gasteiger partial charge in [0.15, 0.2) is 11.7 Å². The molecule has 0 aliphatic carbocycles. The van der Waals surface area contributed by atoms with E-state index in [-0.39, 0.29) is 11.6 Å². The van der Waals surface area contributed by atoms with Crippen LogP contribution < -0.4 is 4.74 Å². The Balaban J connectivity index is 1.90. The fourth-order valence-electron chi connectivity index (χ4n) is 4.55. The molecule has 0 spiro atoms. The number of aliphatic imine (C=N–C) groups is 1. The second-order valence-electron chi connectivity index (χ2n) is 8.50. The van der Waals surface area contributed by atoms with E-state index in [9.17, 15) is 18.7 Å². The van der Waals surface area contributed by atoms with E-state index >= 15 is 0 Å². The van der Waals surface area contributed by atoms with Crippen LogP contribution in [-0.4, -0.2) is 49.4 Å². The summed E-state index contributed by atoms with van der Waals surface area (Å²) in [7, 11) is -4.11. The maximum atomic E-state index is 13.8. The van der Waals surface area contributed by atoms with Crippen molar-refractivity contribution in [2.75, 3.05) is 31.8 Å². The molecule has 0 saturated carbocycles. The Morgan fingerprint density at radius 2 is 1.46 bits per heavy atom. The molecule has 9 heteroatoms. The number of fused-ring (bicyclic) bond motifs is 1. The van der Waals surface area contributed by atoms with Crippen LogP contribution in [-0.2, 0) is 18.7 Å². The summed E-state index contributed by atoms with van der Waals surface area (Å²) < 4.78 is 38.3. The number of para-hydroxylation sites is 1. The number of hydrogen-bond acceptors (Lipinski definition) is 7. The first-order chi connectivity index (χ1) is 16.7. The summed E-state index contributed by atoms with van der Waals surface area (Å²) in [6.45, 7) is 7.55. The summed E-state index contributed by atoms with van der Waals surface area (Å²) in [4.78, 5) is 30.3. The zero-order valence-electron chi connectivity index (χ0n) is 20.9. The van der Waals surface area contributed by atoms with Crippen molar-refractivity contribution in [1.82, 2.24) is 0 Å². The zero-order valence-corrected chi connectivity index (χ0v) is 22.7. The molecule has 1 heterocycles. The van der Waals surface area contributed by atoms with Crippen LogP contribution in [0.4, 0.5) is 5.69 Å². The maximum absolute atomic E-state index is 13.8. The third-order valence-corrected chi connectivity index (χ3v) is 16.0. The molecule has 0 radical (unpaired) electrons. The lowest BCUT2D eigenvalue weighted by atomic mass is 9.93. The number of methoxy groups -OCH3 is 1. The fourth-order valence-corrected chi connectivity index (χ4v) is 13.3. The predicted molar refractivity (Wildman–Crippen MR) is 141 cm³/mol.